The maximum atomic E-state index is 14.6. The van der Waals surface area contributed by atoms with Crippen LogP contribution in [0, 0.1) is 11.3 Å². The predicted molar refractivity (Wildman–Crippen MR) is 293 cm³/mol. The number of fused-ring (bicyclic) bond motifs is 1. The second-order valence-corrected chi connectivity index (χ2v) is 21.1. The highest BCUT2D eigenvalue weighted by Gasteiger charge is 2.49. The molecule has 76 heavy (non-hydrogen) atoms. The van der Waals surface area contributed by atoms with Crippen LogP contribution in [0.1, 0.15) is 87.4 Å². The lowest BCUT2D eigenvalue weighted by Crippen LogP contribution is -2.54. The molecule has 1 amide bonds. The Balaban J connectivity index is 1.24. The Morgan fingerprint density at radius 3 is 1.91 bits per heavy atom. The summed E-state index contributed by atoms with van der Waals surface area (Å²) in [6, 6.07) is 42.0. The summed E-state index contributed by atoms with van der Waals surface area (Å²) in [4.78, 5) is 40.3. The molecule has 7 aromatic rings. The zero-order valence-corrected chi connectivity index (χ0v) is 45.6. The molecule has 19 heteroatoms. The molecule has 5 aromatic carbocycles. The first-order chi connectivity index (χ1) is 36.7. The number of aromatic nitrogens is 4. The third kappa shape index (κ3) is 11.9. The van der Waals surface area contributed by atoms with Gasteiger partial charge in [-0.1, -0.05) is 102 Å². The first-order valence-corrected chi connectivity index (χ1v) is 26.9. The van der Waals surface area contributed by atoms with E-state index >= 15 is 0 Å². The number of hydrogen-bond donors (Lipinski definition) is 2. The third-order valence-electron chi connectivity index (χ3n) is 13.6. The van der Waals surface area contributed by atoms with Crippen molar-refractivity contribution in [3.63, 3.8) is 0 Å². The zero-order chi connectivity index (χ0) is 54.0. The molecule has 1 aliphatic heterocycles. The first kappa shape index (κ1) is 55.8. The minimum absolute atomic E-state index is 0.0338. The number of amides is 1. The molecule has 398 valence electrons. The van der Waals surface area contributed by atoms with Crippen LogP contribution in [0.3, 0.4) is 0 Å². The molecule has 2 N–H and O–H groups in total. The number of nitrogens with zero attached hydrogens (tertiary/aromatic N) is 6. The van der Waals surface area contributed by atoms with Crippen LogP contribution in [0.4, 0.5) is 4.79 Å². The summed E-state index contributed by atoms with van der Waals surface area (Å²) >= 11 is 13.2. The Hall–Kier alpha value is -6.38. The van der Waals surface area contributed by atoms with Crippen molar-refractivity contribution in [2.45, 2.75) is 95.0 Å². The van der Waals surface area contributed by atoms with Gasteiger partial charge in [0.1, 0.15) is 29.4 Å². The van der Waals surface area contributed by atoms with E-state index in [1.165, 1.54) is 17.6 Å². The van der Waals surface area contributed by atoms with Gasteiger partial charge in [-0.25, -0.2) is 19.4 Å². The molecule has 0 aliphatic carbocycles. The predicted octanol–water partition coefficient (Wildman–Crippen LogP) is 12.1. The van der Waals surface area contributed by atoms with Crippen molar-refractivity contribution < 1.29 is 37.9 Å². The summed E-state index contributed by atoms with van der Waals surface area (Å²) in [5.74, 6) is 1.36. The lowest BCUT2D eigenvalue weighted by atomic mass is 9.77. The second kappa shape index (κ2) is 25.2. The number of nitriles is 1. The van der Waals surface area contributed by atoms with E-state index in [1.807, 2.05) is 131 Å². The molecule has 0 radical (unpaired) electrons. The van der Waals surface area contributed by atoms with Crippen molar-refractivity contribution in [3.05, 3.63) is 188 Å². The van der Waals surface area contributed by atoms with Gasteiger partial charge in [0.05, 0.1) is 64.2 Å². The van der Waals surface area contributed by atoms with Gasteiger partial charge in [0.25, 0.3) is 14.1 Å². The summed E-state index contributed by atoms with van der Waals surface area (Å²) in [5.41, 5.74) is 1.19. The Bertz CT molecular complexity index is 3000. The number of benzene rings is 5. The molecule has 1 fully saturated rings. The molecular formula is C57H62Cl2N7O9P. The lowest BCUT2D eigenvalue weighted by molar-refractivity contribution is -0.0444. The minimum atomic E-state index is -1.84. The van der Waals surface area contributed by atoms with E-state index in [9.17, 15) is 20.0 Å². The van der Waals surface area contributed by atoms with Crippen LogP contribution in [0.5, 0.6) is 11.5 Å². The summed E-state index contributed by atoms with van der Waals surface area (Å²) in [6.07, 6.45) is -0.152. The number of imidazole rings is 1. The van der Waals surface area contributed by atoms with Gasteiger partial charge in [-0.05, 0) is 117 Å². The van der Waals surface area contributed by atoms with Gasteiger partial charge in [-0.15, -0.1) is 0 Å². The third-order valence-corrected chi connectivity index (χ3v) is 16.3. The van der Waals surface area contributed by atoms with Crippen LogP contribution in [0.2, 0.25) is 10.0 Å². The summed E-state index contributed by atoms with van der Waals surface area (Å²) in [5, 5.41) is 22.4. The van der Waals surface area contributed by atoms with Crippen molar-refractivity contribution >= 4 is 49.0 Å². The average molecular weight is 1090 g/mol. The molecule has 0 spiro atoms. The van der Waals surface area contributed by atoms with Crippen LogP contribution in [-0.2, 0) is 29.7 Å². The van der Waals surface area contributed by atoms with Crippen LogP contribution in [0.25, 0.3) is 11.2 Å². The van der Waals surface area contributed by atoms with Gasteiger partial charge in [0, 0.05) is 35.2 Å². The monoisotopic (exact) mass is 1090 g/mol. The van der Waals surface area contributed by atoms with E-state index in [2.05, 4.69) is 25.7 Å². The highest BCUT2D eigenvalue weighted by Crippen LogP contribution is 2.51. The van der Waals surface area contributed by atoms with Gasteiger partial charge < -0.3 is 38.1 Å². The number of nitrogens with one attached hydrogen (secondary N) is 1. The molecule has 8 rings (SSSR count). The molecule has 2 aromatic heterocycles. The Morgan fingerprint density at radius 2 is 1.38 bits per heavy atom. The number of carbonyl (C=O) groups is 1. The number of hydrogen-bond acceptors (Lipinski definition) is 12. The van der Waals surface area contributed by atoms with Crippen molar-refractivity contribution in [2.75, 3.05) is 34.0 Å². The molecule has 1 saturated heterocycles. The first-order valence-electron chi connectivity index (χ1n) is 25.1. The van der Waals surface area contributed by atoms with Gasteiger partial charge in [-0.3, -0.25) is 14.3 Å². The molecule has 1 aliphatic rings. The summed E-state index contributed by atoms with van der Waals surface area (Å²) < 4.78 is 42.8. The fourth-order valence-electron chi connectivity index (χ4n) is 10.2. The maximum Gasteiger partial charge on any atom is 0.408 e. The molecule has 3 heterocycles. The molecule has 4 atom stereocenters. The largest absolute Gasteiger partial charge is 0.497 e. The van der Waals surface area contributed by atoms with E-state index in [4.69, 9.17) is 51.2 Å². The quantitative estimate of drug-likeness (QED) is 0.0331. The second-order valence-electron chi connectivity index (χ2n) is 18.8. The SMILES string of the molecule is COc1ccc(C(OCCCC(c2ccc(Cl)cc2)(c2ccc(Cl)cc2)N(C[C@H]2O[C@@H](n3cnc4c(=O)[nH]cnc43)C[C@H]2OP(OCCC#N)N(C(C)C)C(C)C)C(=O)O)(c2ccccc2)c2ccc(OC)cc2)cc1. The van der Waals surface area contributed by atoms with Crippen molar-refractivity contribution in [2.24, 2.45) is 0 Å². The Kier molecular flexibility index (Phi) is 18.5. The molecule has 1 unspecified atom stereocenters. The number of methoxy groups -OCH3 is 2. The molecular weight excluding hydrogens is 1030 g/mol. The summed E-state index contributed by atoms with van der Waals surface area (Å²) in [7, 11) is 1.41. The normalized spacial score (nSPS) is 16.3. The average Bonchev–Trinajstić information content (AvgIpc) is 4.05. The molecule has 16 nitrogen and oxygen atoms in total. The maximum absolute atomic E-state index is 14.6. The number of H-pyrrole nitrogens is 1. The highest BCUT2D eigenvalue weighted by atomic mass is 35.5. The van der Waals surface area contributed by atoms with Gasteiger partial charge in [-0.2, -0.15) is 5.26 Å². The van der Waals surface area contributed by atoms with Crippen LogP contribution in [0.15, 0.2) is 145 Å². The highest BCUT2D eigenvalue weighted by molar-refractivity contribution is 7.44. The van der Waals surface area contributed by atoms with Gasteiger partial charge in [0.2, 0.25) is 0 Å². The van der Waals surface area contributed by atoms with E-state index < -0.39 is 49.8 Å². The van der Waals surface area contributed by atoms with Gasteiger partial charge >= 0.3 is 6.09 Å². The fourth-order valence-corrected chi connectivity index (χ4v) is 12.2. The Morgan fingerprint density at radius 1 is 0.829 bits per heavy atom. The van der Waals surface area contributed by atoms with Crippen molar-refractivity contribution in [3.8, 4) is 17.6 Å². The standard InChI is InChI=1S/C57H62Cl2N7O9P/c1-38(2)66(39(3)4)76(73-33-11-31-60)75-49-34-51(64-37-63-52-53(64)61-36-62-54(52)67)74-50(49)35-65(55(68)69)56(40-14-22-45(58)23-15-40,41-16-24-46(59)25-17-41)30-10-32-72-57(42-12-8-7-9-13-42,43-18-26-47(70-5)27-19-43)44-20-28-48(71-6)29-21-44/h7-9,12-29,36-39,49-51H,10-11,30,32-35H2,1-6H3,(H,68,69)(H,61,62,67)/t49-,50-,51-,76?/m1/s1. The van der Waals surface area contributed by atoms with Crippen molar-refractivity contribution in [1.29, 1.82) is 5.26 Å². The van der Waals surface area contributed by atoms with Crippen LogP contribution in [-0.4, -0.2) is 98.6 Å². The van der Waals surface area contributed by atoms with Crippen LogP contribution < -0.4 is 15.0 Å². The summed E-state index contributed by atoms with van der Waals surface area (Å²) in [6.45, 7) is 8.19. The zero-order valence-electron chi connectivity index (χ0n) is 43.2. The smallest absolute Gasteiger partial charge is 0.408 e. The number of halogens is 2. The van der Waals surface area contributed by atoms with E-state index in [0.29, 0.717) is 39.1 Å². The van der Waals surface area contributed by atoms with E-state index in [0.717, 1.165) is 16.7 Å². The van der Waals surface area contributed by atoms with Crippen molar-refractivity contribution in [1.82, 2.24) is 29.1 Å². The molecule has 0 bridgehead atoms. The Labute approximate surface area is 454 Å². The van der Waals surface area contributed by atoms with Gasteiger partial charge in [0.15, 0.2) is 11.2 Å². The number of ether oxygens (including phenoxy) is 4. The number of carboxylic acid groups (broad SMARTS) is 1. The molecule has 0 saturated carbocycles. The van der Waals surface area contributed by atoms with E-state index in [-0.39, 0.29) is 62.3 Å². The fraction of sp³-hybridized carbons (Fsp3) is 0.351. The topological polar surface area (TPSA) is 187 Å². The lowest BCUT2D eigenvalue weighted by Gasteiger charge is -2.45. The van der Waals surface area contributed by atoms with E-state index in [1.54, 1.807) is 43.1 Å². The number of rotatable bonds is 24. The number of aromatic amines is 1. The minimum Gasteiger partial charge on any atom is -0.497 e. The van der Waals surface area contributed by atoms with Crippen LogP contribution >= 0.6 is 31.7 Å².